The normalized spacial score (nSPS) is 17.0. The fraction of sp³-hybridized carbons (Fsp3) is 0.316. The van der Waals surface area contributed by atoms with E-state index in [9.17, 15) is 4.21 Å². The average Bonchev–Trinajstić information content (AvgIpc) is 3.01. The van der Waals surface area contributed by atoms with Crippen molar-refractivity contribution in [3.05, 3.63) is 54.4 Å². The SMILES string of the molecule is CS(=O)c1ccc(-c2nc3ccccn3c2CN2CCOCC2)cc1. The minimum absolute atomic E-state index is 0.781. The standard InChI is InChI=1S/C19H21N3O2S/c1-25(23)16-7-5-15(6-8-16)19-17(14-21-10-12-24-13-11-21)22-9-3-2-4-18(22)20-19/h2-9H,10-14H2,1H3. The first kappa shape index (κ1) is 16.4. The van der Waals surface area contributed by atoms with E-state index in [0.717, 1.165) is 54.6 Å². The molecule has 0 aliphatic carbocycles. The van der Waals surface area contributed by atoms with Gasteiger partial charge < -0.3 is 9.14 Å². The highest BCUT2D eigenvalue weighted by molar-refractivity contribution is 7.84. The molecule has 0 saturated carbocycles. The minimum atomic E-state index is -0.967. The van der Waals surface area contributed by atoms with Gasteiger partial charge in [-0.3, -0.25) is 9.11 Å². The lowest BCUT2D eigenvalue weighted by molar-refractivity contribution is 0.0336. The van der Waals surface area contributed by atoms with E-state index in [1.54, 1.807) is 6.26 Å². The van der Waals surface area contributed by atoms with Crippen LogP contribution in [0.15, 0.2) is 53.6 Å². The van der Waals surface area contributed by atoms with Crippen molar-refractivity contribution >= 4 is 16.4 Å². The van der Waals surface area contributed by atoms with Gasteiger partial charge in [-0.05, 0) is 24.3 Å². The second kappa shape index (κ2) is 7.07. The number of ether oxygens (including phenoxy) is 1. The summed E-state index contributed by atoms with van der Waals surface area (Å²) in [6.07, 6.45) is 3.76. The number of imidazole rings is 1. The first-order valence-corrected chi connectivity index (χ1v) is 9.98. The Morgan fingerprint density at radius 2 is 1.88 bits per heavy atom. The molecule has 1 aromatic carbocycles. The summed E-state index contributed by atoms with van der Waals surface area (Å²) in [4.78, 5) is 8.09. The van der Waals surface area contributed by atoms with Gasteiger partial charge >= 0.3 is 0 Å². The van der Waals surface area contributed by atoms with E-state index in [0.29, 0.717) is 0 Å². The van der Waals surface area contributed by atoms with Crippen molar-refractivity contribution in [1.29, 1.82) is 0 Å². The summed E-state index contributed by atoms with van der Waals surface area (Å²) in [5, 5.41) is 0. The van der Waals surface area contributed by atoms with Gasteiger partial charge in [-0.25, -0.2) is 4.98 Å². The maximum atomic E-state index is 11.6. The van der Waals surface area contributed by atoms with Gasteiger partial charge in [0.15, 0.2) is 0 Å². The molecule has 1 aliphatic rings. The molecule has 2 aromatic heterocycles. The summed E-state index contributed by atoms with van der Waals surface area (Å²) >= 11 is 0. The Morgan fingerprint density at radius 3 is 2.60 bits per heavy atom. The van der Waals surface area contributed by atoms with Crippen LogP contribution in [-0.4, -0.2) is 51.1 Å². The monoisotopic (exact) mass is 355 g/mol. The summed E-state index contributed by atoms with van der Waals surface area (Å²) in [5.74, 6) is 0. The number of nitrogens with zero attached hydrogens (tertiary/aromatic N) is 3. The maximum Gasteiger partial charge on any atom is 0.137 e. The van der Waals surface area contributed by atoms with Crippen molar-refractivity contribution in [2.45, 2.75) is 11.4 Å². The zero-order valence-corrected chi connectivity index (χ0v) is 15.0. The molecule has 4 rings (SSSR count). The molecule has 1 aliphatic heterocycles. The van der Waals surface area contributed by atoms with Gasteiger partial charge in [0.05, 0.1) is 24.6 Å². The zero-order chi connectivity index (χ0) is 17.2. The van der Waals surface area contributed by atoms with Crippen LogP contribution in [0.5, 0.6) is 0 Å². The van der Waals surface area contributed by atoms with E-state index in [2.05, 4.69) is 15.5 Å². The molecule has 25 heavy (non-hydrogen) atoms. The molecule has 1 saturated heterocycles. The third-order valence-electron chi connectivity index (χ3n) is 4.57. The Labute approximate surface area is 149 Å². The topological polar surface area (TPSA) is 46.8 Å². The molecular formula is C19H21N3O2S. The van der Waals surface area contributed by atoms with Crippen LogP contribution in [-0.2, 0) is 22.1 Å². The van der Waals surface area contributed by atoms with Gasteiger partial charge in [-0.2, -0.15) is 0 Å². The predicted octanol–water partition coefficient (Wildman–Crippen LogP) is 2.57. The molecule has 130 valence electrons. The van der Waals surface area contributed by atoms with Crippen molar-refractivity contribution in [1.82, 2.24) is 14.3 Å². The summed E-state index contributed by atoms with van der Waals surface area (Å²) in [7, 11) is -0.967. The third kappa shape index (κ3) is 3.38. The number of morpholine rings is 1. The van der Waals surface area contributed by atoms with E-state index in [1.165, 1.54) is 5.69 Å². The van der Waals surface area contributed by atoms with Crippen molar-refractivity contribution in [3.8, 4) is 11.3 Å². The quantitative estimate of drug-likeness (QED) is 0.722. The van der Waals surface area contributed by atoms with Crippen LogP contribution in [0.25, 0.3) is 16.9 Å². The predicted molar refractivity (Wildman–Crippen MR) is 99.1 cm³/mol. The number of pyridine rings is 1. The van der Waals surface area contributed by atoms with E-state index >= 15 is 0 Å². The number of aromatic nitrogens is 2. The second-order valence-electron chi connectivity index (χ2n) is 6.20. The van der Waals surface area contributed by atoms with Crippen LogP contribution in [0.2, 0.25) is 0 Å². The number of rotatable bonds is 4. The molecule has 0 bridgehead atoms. The average molecular weight is 355 g/mol. The van der Waals surface area contributed by atoms with Crippen LogP contribution in [0.1, 0.15) is 5.69 Å². The van der Waals surface area contributed by atoms with Crippen molar-refractivity contribution in [2.75, 3.05) is 32.6 Å². The Morgan fingerprint density at radius 1 is 1.12 bits per heavy atom. The smallest absolute Gasteiger partial charge is 0.137 e. The zero-order valence-electron chi connectivity index (χ0n) is 14.2. The van der Waals surface area contributed by atoms with E-state index in [1.807, 2.05) is 42.5 Å². The van der Waals surface area contributed by atoms with Crippen molar-refractivity contribution in [2.24, 2.45) is 0 Å². The molecule has 1 fully saturated rings. The molecular weight excluding hydrogens is 334 g/mol. The molecule has 1 unspecified atom stereocenters. The Bertz CT molecular complexity index is 899. The summed E-state index contributed by atoms with van der Waals surface area (Å²) in [6, 6.07) is 13.9. The number of hydrogen-bond acceptors (Lipinski definition) is 4. The molecule has 0 radical (unpaired) electrons. The van der Waals surface area contributed by atoms with Crippen LogP contribution >= 0.6 is 0 Å². The van der Waals surface area contributed by atoms with Gasteiger partial charge in [0.25, 0.3) is 0 Å². The lowest BCUT2D eigenvalue weighted by Gasteiger charge is -2.26. The first-order chi connectivity index (χ1) is 12.2. The molecule has 0 N–H and O–H groups in total. The summed E-state index contributed by atoms with van der Waals surface area (Å²) in [5.41, 5.74) is 4.18. The molecule has 3 aromatic rings. The Kier molecular flexibility index (Phi) is 4.65. The van der Waals surface area contributed by atoms with Gasteiger partial charge in [0.2, 0.25) is 0 Å². The largest absolute Gasteiger partial charge is 0.379 e. The lowest BCUT2D eigenvalue weighted by atomic mass is 10.1. The number of fused-ring (bicyclic) bond motifs is 1. The summed E-state index contributed by atoms with van der Waals surface area (Å²) in [6.45, 7) is 4.28. The van der Waals surface area contributed by atoms with Crippen molar-refractivity contribution in [3.63, 3.8) is 0 Å². The van der Waals surface area contributed by atoms with Gasteiger partial charge in [-0.15, -0.1) is 0 Å². The third-order valence-corrected chi connectivity index (χ3v) is 5.50. The molecule has 5 nitrogen and oxygen atoms in total. The van der Waals surface area contributed by atoms with Crippen LogP contribution in [0.3, 0.4) is 0 Å². The molecule has 1 atom stereocenters. The highest BCUT2D eigenvalue weighted by Crippen LogP contribution is 2.26. The fourth-order valence-corrected chi connectivity index (χ4v) is 3.72. The van der Waals surface area contributed by atoms with Gasteiger partial charge in [-0.1, -0.05) is 18.2 Å². The Balaban J connectivity index is 1.76. The van der Waals surface area contributed by atoms with Crippen LogP contribution in [0.4, 0.5) is 0 Å². The van der Waals surface area contributed by atoms with Crippen LogP contribution in [0, 0.1) is 0 Å². The molecule has 0 spiro atoms. The maximum absolute atomic E-state index is 11.6. The number of benzene rings is 1. The van der Waals surface area contributed by atoms with Crippen LogP contribution < -0.4 is 0 Å². The minimum Gasteiger partial charge on any atom is -0.379 e. The molecule has 0 amide bonds. The second-order valence-corrected chi connectivity index (χ2v) is 7.58. The van der Waals surface area contributed by atoms with Gasteiger partial charge in [0.1, 0.15) is 5.65 Å². The van der Waals surface area contributed by atoms with Gasteiger partial charge in [0, 0.05) is 53.3 Å². The highest BCUT2D eigenvalue weighted by atomic mass is 32.2. The Hall–Kier alpha value is -2.02. The number of hydrogen-bond donors (Lipinski definition) is 0. The highest BCUT2D eigenvalue weighted by Gasteiger charge is 2.18. The van der Waals surface area contributed by atoms with E-state index < -0.39 is 10.8 Å². The lowest BCUT2D eigenvalue weighted by Crippen LogP contribution is -2.36. The van der Waals surface area contributed by atoms with E-state index in [4.69, 9.17) is 9.72 Å². The molecule has 6 heteroatoms. The first-order valence-electron chi connectivity index (χ1n) is 8.42. The summed E-state index contributed by atoms with van der Waals surface area (Å²) < 4.78 is 19.3. The fourth-order valence-electron chi connectivity index (χ4n) is 3.20. The van der Waals surface area contributed by atoms with E-state index in [-0.39, 0.29) is 0 Å². The van der Waals surface area contributed by atoms with Crippen molar-refractivity contribution < 1.29 is 8.95 Å². The molecule has 3 heterocycles.